The maximum atomic E-state index is 13.0. The fourth-order valence-corrected chi connectivity index (χ4v) is 4.92. The van der Waals surface area contributed by atoms with Crippen molar-refractivity contribution in [3.63, 3.8) is 0 Å². The van der Waals surface area contributed by atoms with E-state index in [-0.39, 0.29) is 17.1 Å². The number of nitrogens with zero attached hydrogens (tertiary/aromatic N) is 1. The van der Waals surface area contributed by atoms with Gasteiger partial charge < -0.3 is 10.1 Å². The molecule has 1 N–H and O–H groups in total. The molecule has 4 rings (SSSR count). The number of anilines is 2. The number of carbonyl (C=O) groups is 2. The van der Waals surface area contributed by atoms with Crippen LogP contribution in [0.5, 0.6) is 5.75 Å². The number of nitrogens with one attached hydrogen (secondary N) is 1. The van der Waals surface area contributed by atoms with Crippen molar-refractivity contribution in [2.24, 2.45) is 0 Å². The predicted molar refractivity (Wildman–Crippen MR) is 99.0 cm³/mol. The number of benzene rings is 2. The van der Waals surface area contributed by atoms with Crippen LogP contribution >= 0.6 is 11.8 Å². The highest BCUT2D eigenvalue weighted by Gasteiger charge is 2.60. The third-order valence-corrected chi connectivity index (χ3v) is 6.14. The third-order valence-electron chi connectivity index (χ3n) is 4.66. The minimum Gasteiger partial charge on any atom is -0.497 e. The normalized spacial score (nSPS) is 24.6. The lowest BCUT2D eigenvalue weighted by Gasteiger charge is -2.32. The van der Waals surface area contributed by atoms with Crippen molar-refractivity contribution in [1.82, 2.24) is 0 Å². The van der Waals surface area contributed by atoms with Gasteiger partial charge in [-0.1, -0.05) is 17.7 Å². The number of fused-ring (bicyclic) bond motifs is 2. The van der Waals surface area contributed by atoms with Gasteiger partial charge in [-0.2, -0.15) is 0 Å². The van der Waals surface area contributed by atoms with E-state index in [1.54, 1.807) is 24.1 Å². The molecule has 0 bridgehead atoms. The highest BCUT2D eigenvalue weighted by molar-refractivity contribution is 8.03. The fraction of sp³-hybridized carbons (Fsp3) is 0.263. The van der Waals surface area contributed by atoms with Gasteiger partial charge in [0.05, 0.1) is 12.4 Å². The first kappa shape index (κ1) is 16.0. The molecule has 1 spiro atoms. The second-order valence-electron chi connectivity index (χ2n) is 6.28. The van der Waals surface area contributed by atoms with Crippen LogP contribution in [0.2, 0.25) is 0 Å². The maximum absolute atomic E-state index is 13.0. The molecule has 2 aromatic rings. The van der Waals surface area contributed by atoms with E-state index < -0.39 is 4.87 Å². The van der Waals surface area contributed by atoms with E-state index in [0.717, 1.165) is 16.8 Å². The SMILES string of the molecule is COc1ccc(N2C(=O)[C@H](C)S[C@@]23C(=O)Nc2ccc(C)cc23)cc1. The van der Waals surface area contributed by atoms with Gasteiger partial charge in [-0.15, -0.1) is 11.8 Å². The molecule has 0 aliphatic carbocycles. The molecule has 0 radical (unpaired) electrons. The summed E-state index contributed by atoms with van der Waals surface area (Å²) >= 11 is 1.39. The summed E-state index contributed by atoms with van der Waals surface area (Å²) in [5, 5.41) is 2.64. The van der Waals surface area contributed by atoms with Crippen molar-refractivity contribution >= 4 is 35.0 Å². The zero-order valence-electron chi connectivity index (χ0n) is 14.2. The van der Waals surface area contributed by atoms with Crippen molar-refractivity contribution in [3.05, 3.63) is 53.6 Å². The van der Waals surface area contributed by atoms with Crippen LogP contribution in [0.25, 0.3) is 0 Å². The van der Waals surface area contributed by atoms with Gasteiger partial charge in [0.2, 0.25) is 10.8 Å². The molecule has 0 aromatic heterocycles. The first-order valence-corrected chi connectivity index (χ1v) is 8.94. The molecular weight excluding hydrogens is 336 g/mol. The molecule has 2 aliphatic rings. The van der Waals surface area contributed by atoms with E-state index in [1.807, 2.05) is 44.2 Å². The Morgan fingerprint density at radius 1 is 1.16 bits per heavy atom. The molecule has 2 amide bonds. The number of amides is 2. The number of aryl methyl sites for hydroxylation is 1. The summed E-state index contributed by atoms with van der Waals surface area (Å²) in [5.74, 6) is 0.462. The molecule has 5 nitrogen and oxygen atoms in total. The zero-order chi connectivity index (χ0) is 17.8. The molecule has 6 heteroatoms. The number of carbonyl (C=O) groups excluding carboxylic acids is 2. The minimum atomic E-state index is -1.06. The Bertz CT molecular complexity index is 881. The second kappa shape index (κ2) is 5.52. The van der Waals surface area contributed by atoms with Crippen molar-refractivity contribution in [1.29, 1.82) is 0 Å². The summed E-state index contributed by atoms with van der Waals surface area (Å²) in [7, 11) is 1.60. The summed E-state index contributed by atoms with van der Waals surface area (Å²) < 4.78 is 5.20. The Balaban J connectivity index is 1.91. The first-order valence-electron chi connectivity index (χ1n) is 8.06. The van der Waals surface area contributed by atoms with Crippen LogP contribution < -0.4 is 15.0 Å². The molecule has 25 heavy (non-hydrogen) atoms. The molecule has 2 aliphatic heterocycles. The van der Waals surface area contributed by atoms with Crippen LogP contribution in [-0.4, -0.2) is 24.2 Å². The Morgan fingerprint density at radius 2 is 1.88 bits per heavy atom. The standard InChI is InChI=1S/C19H18N2O3S/c1-11-4-9-16-15(10-11)19(18(23)20-16)21(17(22)12(2)25-19)13-5-7-14(24-3)8-6-13/h4-10,12H,1-3H3,(H,20,23)/t12-,19-/m0/s1. The van der Waals surface area contributed by atoms with Crippen molar-refractivity contribution in [2.45, 2.75) is 24.0 Å². The Labute approximate surface area is 150 Å². The van der Waals surface area contributed by atoms with E-state index in [1.165, 1.54) is 11.8 Å². The van der Waals surface area contributed by atoms with Gasteiger partial charge in [0, 0.05) is 16.9 Å². The van der Waals surface area contributed by atoms with Gasteiger partial charge >= 0.3 is 0 Å². The molecule has 2 heterocycles. The van der Waals surface area contributed by atoms with E-state index in [0.29, 0.717) is 11.4 Å². The fourth-order valence-electron chi connectivity index (χ4n) is 3.45. The third kappa shape index (κ3) is 2.17. The van der Waals surface area contributed by atoms with Gasteiger partial charge in [-0.3, -0.25) is 14.5 Å². The Kier molecular flexibility index (Phi) is 3.54. The number of thioether (sulfide) groups is 1. The van der Waals surface area contributed by atoms with Crippen molar-refractivity contribution in [3.8, 4) is 5.75 Å². The Hall–Kier alpha value is -2.47. The van der Waals surface area contributed by atoms with Crippen molar-refractivity contribution in [2.75, 3.05) is 17.3 Å². The molecule has 0 unspecified atom stereocenters. The van der Waals surface area contributed by atoms with E-state index >= 15 is 0 Å². The topological polar surface area (TPSA) is 58.6 Å². The number of hydrogen-bond acceptors (Lipinski definition) is 4. The summed E-state index contributed by atoms with van der Waals surface area (Å²) in [5.41, 5.74) is 3.35. The number of rotatable bonds is 2. The molecule has 0 saturated carbocycles. The number of ether oxygens (including phenoxy) is 1. The molecule has 2 aromatic carbocycles. The lowest BCUT2D eigenvalue weighted by Crippen LogP contribution is -2.47. The van der Waals surface area contributed by atoms with Crippen molar-refractivity contribution < 1.29 is 14.3 Å². The number of hydrogen-bond donors (Lipinski definition) is 1. The van der Waals surface area contributed by atoms with Crippen LogP contribution in [0.1, 0.15) is 18.1 Å². The summed E-state index contributed by atoms with van der Waals surface area (Å²) in [6.07, 6.45) is 0. The van der Waals surface area contributed by atoms with E-state index in [2.05, 4.69) is 5.32 Å². The van der Waals surface area contributed by atoms with Crippen LogP contribution in [0, 0.1) is 6.92 Å². The molecule has 128 valence electrons. The highest BCUT2D eigenvalue weighted by Crippen LogP contribution is 2.56. The van der Waals surface area contributed by atoms with Gasteiger partial charge in [-0.25, -0.2) is 0 Å². The van der Waals surface area contributed by atoms with Crippen LogP contribution in [-0.2, 0) is 14.5 Å². The Morgan fingerprint density at radius 3 is 2.56 bits per heavy atom. The van der Waals surface area contributed by atoms with Gasteiger partial charge in [0.1, 0.15) is 5.75 Å². The smallest absolute Gasteiger partial charge is 0.266 e. The van der Waals surface area contributed by atoms with Crippen LogP contribution in [0.15, 0.2) is 42.5 Å². The highest BCUT2D eigenvalue weighted by atomic mass is 32.2. The van der Waals surface area contributed by atoms with Crippen LogP contribution in [0.3, 0.4) is 0 Å². The molecule has 1 saturated heterocycles. The second-order valence-corrected chi connectivity index (χ2v) is 7.81. The average molecular weight is 354 g/mol. The average Bonchev–Trinajstić information content (AvgIpc) is 3.03. The predicted octanol–water partition coefficient (Wildman–Crippen LogP) is 3.28. The van der Waals surface area contributed by atoms with E-state index in [4.69, 9.17) is 4.74 Å². The van der Waals surface area contributed by atoms with Gasteiger partial charge in [0.25, 0.3) is 5.91 Å². The zero-order valence-corrected chi connectivity index (χ0v) is 15.0. The molecule has 1 fully saturated rings. The number of methoxy groups -OCH3 is 1. The summed E-state index contributed by atoms with van der Waals surface area (Å²) in [6.45, 7) is 3.83. The minimum absolute atomic E-state index is 0.0697. The van der Waals surface area contributed by atoms with E-state index in [9.17, 15) is 9.59 Å². The maximum Gasteiger partial charge on any atom is 0.266 e. The lowest BCUT2D eigenvalue weighted by atomic mass is 10.0. The summed E-state index contributed by atoms with van der Waals surface area (Å²) in [4.78, 5) is 26.5. The van der Waals surface area contributed by atoms with Gasteiger partial charge in [0.15, 0.2) is 0 Å². The summed E-state index contributed by atoms with van der Waals surface area (Å²) in [6, 6.07) is 13.1. The monoisotopic (exact) mass is 354 g/mol. The lowest BCUT2D eigenvalue weighted by molar-refractivity contribution is -0.122. The quantitative estimate of drug-likeness (QED) is 0.899. The molecular formula is C19H18N2O3S. The van der Waals surface area contributed by atoms with Crippen LogP contribution in [0.4, 0.5) is 11.4 Å². The first-order chi connectivity index (χ1) is 12.0. The molecule has 2 atom stereocenters. The largest absolute Gasteiger partial charge is 0.497 e. The van der Waals surface area contributed by atoms with Gasteiger partial charge in [-0.05, 0) is 44.2 Å².